The van der Waals surface area contributed by atoms with E-state index in [-0.39, 0.29) is 0 Å². The van der Waals surface area contributed by atoms with Crippen LogP contribution in [0, 0.1) is 13.8 Å². The van der Waals surface area contributed by atoms with Crippen LogP contribution >= 0.6 is 11.3 Å². The fourth-order valence-corrected chi connectivity index (χ4v) is 2.31. The van der Waals surface area contributed by atoms with Crippen LogP contribution in [0.3, 0.4) is 0 Å². The van der Waals surface area contributed by atoms with Crippen molar-refractivity contribution in [2.45, 2.75) is 13.8 Å². The number of thiazole rings is 1. The molecule has 0 aliphatic rings. The van der Waals surface area contributed by atoms with E-state index in [1.807, 2.05) is 13.8 Å². The minimum atomic E-state index is -0.436. The zero-order chi connectivity index (χ0) is 11.7. The van der Waals surface area contributed by atoms with E-state index in [9.17, 15) is 4.79 Å². The van der Waals surface area contributed by atoms with Crippen molar-refractivity contribution in [3.8, 4) is 10.6 Å². The Hall–Kier alpha value is -1.69. The van der Waals surface area contributed by atoms with E-state index in [0.29, 0.717) is 11.5 Å². The summed E-state index contributed by atoms with van der Waals surface area (Å²) in [4.78, 5) is 15.4. The van der Waals surface area contributed by atoms with Gasteiger partial charge in [0.25, 0.3) is 0 Å². The van der Waals surface area contributed by atoms with Crippen LogP contribution in [-0.4, -0.2) is 23.2 Å². The third-order valence-corrected chi connectivity index (χ3v) is 3.01. The third kappa shape index (κ3) is 1.71. The molecule has 5 nitrogen and oxygen atoms in total. The monoisotopic (exact) mass is 238 g/mol. The number of rotatable bonds is 2. The zero-order valence-electron chi connectivity index (χ0n) is 9.10. The first-order valence-corrected chi connectivity index (χ1v) is 5.48. The first-order chi connectivity index (χ1) is 7.63. The Morgan fingerprint density at radius 1 is 1.50 bits per heavy atom. The molecule has 84 valence electrons. The SMILES string of the molecule is COC(=O)c1csc(-c2c(C)noc2C)n1. The third-order valence-electron chi connectivity index (χ3n) is 2.15. The average molecular weight is 238 g/mol. The van der Waals surface area contributed by atoms with E-state index in [0.717, 1.165) is 16.3 Å². The molecule has 6 heteroatoms. The fourth-order valence-electron chi connectivity index (χ4n) is 1.38. The molecule has 2 aromatic heterocycles. The zero-order valence-corrected chi connectivity index (χ0v) is 9.92. The molecule has 0 atom stereocenters. The molecule has 2 rings (SSSR count). The first-order valence-electron chi connectivity index (χ1n) is 4.60. The Bertz CT molecular complexity index is 510. The molecule has 0 aliphatic carbocycles. The Morgan fingerprint density at radius 3 is 2.81 bits per heavy atom. The Morgan fingerprint density at radius 2 is 2.25 bits per heavy atom. The lowest BCUT2D eigenvalue weighted by molar-refractivity contribution is 0.0595. The van der Waals surface area contributed by atoms with E-state index in [1.165, 1.54) is 18.4 Å². The summed E-state index contributed by atoms with van der Waals surface area (Å²) in [5.41, 5.74) is 1.92. The largest absolute Gasteiger partial charge is 0.464 e. The number of hydrogen-bond donors (Lipinski definition) is 0. The number of ether oxygens (including phenoxy) is 1. The summed E-state index contributed by atoms with van der Waals surface area (Å²) in [5.74, 6) is 0.262. The van der Waals surface area contributed by atoms with E-state index < -0.39 is 5.97 Å². The molecule has 0 saturated carbocycles. The number of carbonyl (C=O) groups is 1. The molecule has 0 radical (unpaired) electrons. The summed E-state index contributed by atoms with van der Waals surface area (Å²) in [7, 11) is 1.33. The lowest BCUT2D eigenvalue weighted by Crippen LogP contribution is -2.01. The Balaban J connectivity index is 2.43. The molecule has 2 heterocycles. The van der Waals surface area contributed by atoms with E-state index in [2.05, 4.69) is 14.9 Å². The van der Waals surface area contributed by atoms with Crippen molar-refractivity contribution in [3.05, 3.63) is 22.5 Å². The molecule has 0 amide bonds. The number of aryl methyl sites for hydroxylation is 2. The molecule has 0 aromatic carbocycles. The molecule has 0 saturated heterocycles. The molecule has 0 spiro atoms. The van der Waals surface area contributed by atoms with Gasteiger partial charge in [0.05, 0.1) is 18.4 Å². The van der Waals surface area contributed by atoms with Crippen LogP contribution in [0.15, 0.2) is 9.90 Å². The number of esters is 1. The molecule has 0 unspecified atom stereocenters. The van der Waals surface area contributed by atoms with Gasteiger partial charge in [0, 0.05) is 5.38 Å². The lowest BCUT2D eigenvalue weighted by atomic mass is 10.2. The quantitative estimate of drug-likeness (QED) is 0.750. The highest BCUT2D eigenvalue weighted by Crippen LogP contribution is 2.29. The van der Waals surface area contributed by atoms with Gasteiger partial charge < -0.3 is 9.26 Å². The van der Waals surface area contributed by atoms with Crippen molar-refractivity contribution < 1.29 is 14.1 Å². The highest BCUT2D eigenvalue weighted by molar-refractivity contribution is 7.13. The highest BCUT2D eigenvalue weighted by atomic mass is 32.1. The lowest BCUT2D eigenvalue weighted by Gasteiger charge is -1.93. The molecule has 0 bridgehead atoms. The van der Waals surface area contributed by atoms with Crippen LogP contribution in [0.5, 0.6) is 0 Å². The van der Waals surface area contributed by atoms with Crippen LogP contribution in [0.25, 0.3) is 10.6 Å². The van der Waals surface area contributed by atoms with Crippen molar-refractivity contribution in [2.75, 3.05) is 7.11 Å². The summed E-state index contributed by atoms with van der Waals surface area (Å²) in [6.45, 7) is 3.65. The molecule has 0 aliphatic heterocycles. The van der Waals surface area contributed by atoms with E-state index in [4.69, 9.17) is 4.52 Å². The van der Waals surface area contributed by atoms with Crippen LogP contribution in [0.1, 0.15) is 21.9 Å². The number of methoxy groups -OCH3 is 1. The summed E-state index contributed by atoms with van der Waals surface area (Å²) in [6, 6.07) is 0. The van der Waals surface area contributed by atoms with Gasteiger partial charge in [-0.15, -0.1) is 11.3 Å². The standard InChI is InChI=1S/C10H10N2O3S/c1-5-8(6(2)15-12-5)9-11-7(4-16-9)10(13)14-3/h4H,1-3H3. The predicted molar refractivity (Wildman–Crippen MR) is 58.4 cm³/mol. The number of aromatic nitrogens is 2. The van der Waals surface area contributed by atoms with Crippen molar-refractivity contribution in [1.29, 1.82) is 0 Å². The van der Waals surface area contributed by atoms with E-state index in [1.54, 1.807) is 5.38 Å². The molecular weight excluding hydrogens is 228 g/mol. The van der Waals surface area contributed by atoms with Crippen molar-refractivity contribution in [2.24, 2.45) is 0 Å². The Kier molecular flexibility index (Phi) is 2.74. The second kappa shape index (κ2) is 4.05. The summed E-state index contributed by atoms with van der Waals surface area (Å²) >= 11 is 1.37. The van der Waals surface area contributed by atoms with Crippen LogP contribution in [0.4, 0.5) is 0 Å². The maximum absolute atomic E-state index is 11.2. The number of hydrogen-bond acceptors (Lipinski definition) is 6. The highest BCUT2D eigenvalue weighted by Gasteiger charge is 2.17. The molecule has 2 aromatic rings. The maximum Gasteiger partial charge on any atom is 0.357 e. The first kappa shape index (κ1) is 10.8. The van der Waals surface area contributed by atoms with Gasteiger partial charge in [0.2, 0.25) is 0 Å². The van der Waals surface area contributed by atoms with Gasteiger partial charge in [-0.3, -0.25) is 0 Å². The minimum Gasteiger partial charge on any atom is -0.464 e. The van der Waals surface area contributed by atoms with E-state index >= 15 is 0 Å². The van der Waals surface area contributed by atoms with Gasteiger partial charge in [-0.25, -0.2) is 9.78 Å². The predicted octanol–water partition coefficient (Wildman–Crippen LogP) is 2.20. The van der Waals surface area contributed by atoms with Gasteiger partial charge >= 0.3 is 5.97 Å². The van der Waals surface area contributed by atoms with Crippen LogP contribution in [-0.2, 0) is 4.74 Å². The van der Waals surface area contributed by atoms with Gasteiger partial charge in [-0.2, -0.15) is 0 Å². The number of nitrogens with zero attached hydrogens (tertiary/aromatic N) is 2. The maximum atomic E-state index is 11.2. The van der Waals surface area contributed by atoms with Gasteiger partial charge in [0.15, 0.2) is 5.69 Å². The minimum absolute atomic E-state index is 0.308. The number of carbonyl (C=O) groups excluding carboxylic acids is 1. The van der Waals surface area contributed by atoms with Gasteiger partial charge in [-0.05, 0) is 13.8 Å². The topological polar surface area (TPSA) is 65.2 Å². The summed E-state index contributed by atoms with van der Waals surface area (Å²) in [5, 5.41) is 6.22. The van der Waals surface area contributed by atoms with Crippen molar-refractivity contribution in [1.82, 2.24) is 10.1 Å². The smallest absolute Gasteiger partial charge is 0.357 e. The second-order valence-corrected chi connectivity index (χ2v) is 4.09. The average Bonchev–Trinajstić information content (AvgIpc) is 2.85. The molecule has 0 fully saturated rings. The molecule has 16 heavy (non-hydrogen) atoms. The second-order valence-electron chi connectivity index (χ2n) is 3.23. The summed E-state index contributed by atoms with van der Waals surface area (Å²) < 4.78 is 9.64. The normalized spacial score (nSPS) is 10.4. The van der Waals surface area contributed by atoms with Crippen LogP contribution < -0.4 is 0 Å². The summed E-state index contributed by atoms with van der Waals surface area (Å²) in [6.07, 6.45) is 0. The fraction of sp³-hybridized carbons (Fsp3) is 0.300. The Labute approximate surface area is 96.0 Å². The molecule has 0 N–H and O–H groups in total. The van der Waals surface area contributed by atoms with Crippen LogP contribution in [0.2, 0.25) is 0 Å². The van der Waals surface area contributed by atoms with Crippen molar-refractivity contribution >= 4 is 17.3 Å². The molecular formula is C10H10N2O3S. The van der Waals surface area contributed by atoms with Gasteiger partial charge in [0.1, 0.15) is 10.8 Å². The van der Waals surface area contributed by atoms with Crippen molar-refractivity contribution in [3.63, 3.8) is 0 Å². The van der Waals surface area contributed by atoms with Gasteiger partial charge in [-0.1, -0.05) is 5.16 Å².